The first-order valence-electron chi connectivity index (χ1n) is 12.3. The van der Waals surface area contributed by atoms with Gasteiger partial charge in [0.2, 0.25) is 0 Å². The van der Waals surface area contributed by atoms with E-state index in [9.17, 15) is 10.5 Å². The molecule has 0 unspecified atom stereocenters. The summed E-state index contributed by atoms with van der Waals surface area (Å²) in [6, 6.07) is 24.9. The van der Waals surface area contributed by atoms with Gasteiger partial charge < -0.3 is 0 Å². The average molecular weight is 481 g/mol. The van der Waals surface area contributed by atoms with Gasteiger partial charge in [0, 0.05) is 54.0 Å². The molecule has 38 heavy (non-hydrogen) atoms. The lowest BCUT2D eigenvalue weighted by molar-refractivity contribution is 1.46. The predicted molar refractivity (Wildman–Crippen MR) is 157 cm³/mol. The molecule has 0 bridgehead atoms. The highest BCUT2D eigenvalue weighted by atomic mass is 14.8. The van der Waals surface area contributed by atoms with Crippen LogP contribution in [0.1, 0.15) is 22.3 Å². The van der Waals surface area contributed by atoms with Gasteiger partial charge in [0.25, 0.3) is 0 Å². The third-order valence-corrected chi connectivity index (χ3v) is 7.97. The zero-order valence-corrected chi connectivity index (χ0v) is 20.1. The van der Waals surface area contributed by atoms with Gasteiger partial charge in [-0.15, -0.1) is 0 Å². The molecule has 0 saturated heterocycles. The first-order chi connectivity index (χ1) is 18.7. The van der Waals surface area contributed by atoms with Gasteiger partial charge in [-0.25, -0.2) is 9.97 Å². The lowest BCUT2D eigenvalue weighted by Gasteiger charge is -2.10. The van der Waals surface area contributed by atoms with Crippen LogP contribution < -0.4 is 0 Å². The summed E-state index contributed by atoms with van der Waals surface area (Å²) in [6.45, 7) is 8.08. The van der Waals surface area contributed by atoms with Crippen molar-refractivity contribution in [2.24, 2.45) is 0 Å². The molecule has 172 valence electrons. The van der Waals surface area contributed by atoms with Crippen molar-refractivity contribution in [3.63, 3.8) is 0 Å². The van der Waals surface area contributed by atoms with Crippen LogP contribution in [0.3, 0.4) is 0 Å². The topological polar surface area (TPSA) is 73.4 Å². The summed E-state index contributed by atoms with van der Waals surface area (Å²) in [5.41, 5.74) is 6.07. The number of nitriles is 2. The van der Waals surface area contributed by atoms with E-state index < -0.39 is 0 Å². The molecule has 1 heterocycles. The van der Waals surface area contributed by atoms with E-state index in [-0.39, 0.29) is 0 Å². The number of hydrogen-bond donors (Lipinski definition) is 0. The molecule has 1 aromatic heterocycles. The summed E-state index contributed by atoms with van der Waals surface area (Å²) in [5.74, 6) is 0. The molecule has 0 fully saturated rings. The first-order valence-corrected chi connectivity index (χ1v) is 12.3. The third-order valence-electron chi connectivity index (χ3n) is 7.97. The minimum atomic E-state index is 0.584. The van der Waals surface area contributed by atoms with E-state index in [1.807, 2.05) is 42.5 Å². The zero-order valence-electron chi connectivity index (χ0n) is 20.1. The highest BCUT2D eigenvalue weighted by Gasteiger charge is 2.25. The molecule has 0 spiro atoms. The fourth-order valence-corrected chi connectivity index (χ4v) is 6.52. The maximum absolute atomic E-state index is 10.1. The molecule has 0 aliphatic heterocycles. The van der Waals surface area contributed by atoms with E-state index in [4.69, 9.17) is 9.97 Å². The van der Waals surface area contributed by atoms with E-state index in [1.165, 1.54) is 0 Å². The van der Waals surface area contributed by atoms with Gasteiger partial charge in [0.1, 0.15) is 12.1 Å². The van der Waals surface area contributed by atoms with E-state index in [0.717, 1.165) is 87.1 Å². The summed E-state index contributed by atoms with van der Waals surface area (Å²) >= 11 is 0. The second kappa shape index (κ2) is 7.01. The van der Waals surface area contributed by atoms with Crippen LogP contribution in [0.15, 0.2) is 73.8 Å². The molecule has 0 amide bonds. The summed E-state index contributed by atoms with van der Waals surface area (Å²) in [6.07, 6.45) is 3.51. The van der Waals surface area contributed by atoms with Crippen molar-refractivity contribution in [3.05, 3.63) is 96.1 Å². The molecular weight excluding hydrogens is 464 g/mol. The Morgan fingerprint density at radius 1 is 0.500 bits per heavy atom. The second-order valence-corrected chi connectivity index (χ2v) is 9.58. The van der Waals surface area contributed by atoms with E-state index in [2.05, 4.69) is 43.5 Å². The van der Waals surface area contributed by atoms with Crippen LogP contribution >= 0.6 is 0 Å². The quantitative estimate of drug-likeness (QED) is 0.233. The smallest absolute Gasteiger partial charge is 0.100 e. The Morgan fingerprint density at radius 3 is 1.61 bits per heavy atom. The van der Waals surface area contributed by atoms with Crippen LogP contribution in [0.2, 0.25) is 0 Å². The molecule has 0 N–H and O–H groups in total. The number of hydrogen-bond acceptors (Lipinski definition) is 4. The number of rotatable bonds is 2. The summed E-state index contributed by atoms with van der Waals surface area (Å²) in [7, 11) is 0. The Morgan fingerprint density at radius 2 is 1.00 bits per heavy atom. The van der Waals surface area contributed by atoms with Crippen molar-refractivity contribution >= 4 is 88.1 Å². The fourth-order valence-electron chi connectivity index (χ4n) is 6.52. The summed E-state index contributed by atoms with van der Waals surface area (Å²) in [5, 5.41) is 29.8. The Bertz CT molecular complexity index is 2450. The highest BCUT2D eigenvalue weighted by Crippen LogP contribution is 2.47. The number of nitrogens with zero attached hydrogens (tertiary/aromatic N) is 4. The second-order valence-electron chi connectivity index (χ2n) is 9.58. The molecule has 7 aromatic carbocycles. The third kappa shape index (κ3) is 2.20. The van der Waals surface area contributed by atoms with Crippen LogP contribution in [-0.4, -0.2) is 9.97 Å². The van der Waals surface area contributed by atoms with E-state index >= 15 is 0 Å². The van der Waals surface area contributed by atoms with Crippen molar-refractivity contribution in [3.8, 4) is 12.1 Å². The van der Waals surface area contributed by atoms with Crippen molar-refractivity contribution < 1.29 is 0 Å². The van der Waals surface area contributed by atoms with Crippen LogP contribution in [-0.2, 0) is 0 Å². The Balaban J connectivity index is 1.72. The standard InChI is InChI=1S/C34H16N4/c1-3-17-18(4-2)29-27-21(25(17)15-35)11-7-13-23(27)31-33(29)37-32-24-14-8-12-22-26(16-36)19-9-5-6-10-20(19)30(28(22)24)34(32)38-31/h3-14H,1-2H2. The highest BCUT2D eigenvalue weighted by molar-refractivity contribution is 6.39. The minimum absolute atomic E-state index is 0.584. The lowest BCUT2D eigenvalue weighted by atomic mass is 9.91. The van der Waals surface area contributed by atoms with Gasteiger partial charge in [-0.05, 0) is 10.9 Å². The van der Waals surface area contributed by atoms with E-state index in [0.29, 0.717) is 11.1 Å². The first kappa shape index (κ1) is 20.6. The van der Waals surface area contributed by atoms with E-state index in [1.54, 1.807) is 12.2 Å². The van der Waals surface area contributed by atoms with Gasteiger partial charge in [0.15, 0.2) is 0 Å². The maximum atomic E-state index is 10.1. The van der Waals surface area contributed by atoms with Gasteiger partial charge in [-0.3, -0.25) is 0 Å². The molecule has 0 atom stereocenters. The number of fused-ring (bicyclic) bond motifs is 8. The van der Waals surface area contributed by atoms with Gasteiger partial charge in [0.05, 0.1) is 33.2 Å². The Labute approximate surface area is 216 Å². The average Bonchev–Trinajstić information content (AvgIpc) is 3.46. The van der Waals surface area contributed by atoms with Crippen LogP contribution in [0, 0.1) is 22.7 Å². The summed E-state index contributed by atoms with van der Waals surface area (Å²) < 4.78 is 0. The van der Waals surface area contributed by atoms with Crippen molar-refractivity contribution in [2.45, 2.75) is 0 Å². The van der Waals surface area contributed by atoms with Crippen LogP contribution in [0.5, 0.6) is 0 Å². The van der Waals surface area contributed by atoms with Crippen molar-refractivity contribution in [2.75, 3.05) is 0 Å². The molecule has 0 aliphatic carbocycles. The Kier molecular flexibility index (Phi) is 3.80. The normalized spacial score (nSPS) is 11.8. The SMILES string of the molecule is C=Cc1c(C#N)c2cccc3c4nc5c(nc4c(c1C=C)c23)c1cccc2c(C#N)c3ccccc3c5c21. The zero-order chi connectivity index (χ0) is 25.7. The lowest BCUT2D eigenvalue weighted by Crippen LogP contribution is -1.91. The molecule has 8 rings (SSSR count). The largest absolute Gasteiger partial charge is 0.243 e. The molecule has 4 heteroatoms. The fraction of sp³-hybridized carbons (Fsp3) is 0. The van der Waals surface area contributed by atoms with Gasteiger partial charge >= 0.3 is 0 Å². The molecule has 0 aliphatic rings. The number of benzene rings is 5. The maximum Gasteiger partial charge on any atom is 0.100 e. The molecule has 8 aromatic rings. The molecular formula is C34H16N4. The predicted octanol–water partition coefficient (Wildman–Crippen LogP) is 8.45. The van der Waals surface area contributed by atoms with Crippen LogP contribution in [0.4, 0.5) is 0 Å². The summed E-state index contributed by atoms with van der Waals surface area (Å²) in [4.78, 5) is 10.6. The number of aromatic nitrogens is 2. The van der Waals surface area contributed by atoms with Gasteiger partial charge in [-0.2, -0.15) is 10.5 Å². The Hall–Kier alpha value is -5.58. The molecule has 4 nitrogen and oxygen atoms in total. The van der Waals surface area contributed by atoms with Gasteiger partial charge in [-0.1, -0.05) is 86.0 Å². The van der Waals surface area contributed by atoms with Crippen molar-refractivity contribution in [1.29, 1.82) is 10.5 Å². The van der Waals surface area contributed by atoms with Crippen molar-refractivity contribution in [1.82, 2.24) is 9.97 Å². The monoisotopic (exact) mass is 480 g/mol. The molecule has 0 saturated carbocycles. The van der Waals surface area contributed by atoms with Crippen LogP contribution in [0.25, 0.3) is 88.1 Å². The molecule has 0 radical (unpaired) electrons. The minimum Gasteiger partial charge on any atom is -0.243 e.